The van der Waals surface area contributed by atoms with E-state index < -0.39 is 10.0 Å². The van der Waals surface area contributed by atoms with Gasteiger partial charge in [-0.2, -0.15) is 0 Å². The van der Waals surface area contributed by atoms with Crippen molar-refractivity contribution >= 4 is 10.0 Å². The van der Waals surface area contributed by atoms with E-state index in [9.17, 15) is 8.42 Å². The Bertz CT molecular complexity index is 651. The first-order chi connectivity index (χ1) is 9.98. The van der Waals surface area contributed by atoms with Crippen LogP contribution in [0.2, 0.25) is 0 Å². The van der Waals surface area contributed by atoms with Crippen LogP contribution in [0.5, 0.6) is 0 Å². The molecular weight excluding hydrogens is 288 g/mol. The van der Waals surface area contributed by atoms with Crippen LogP contribution in [-0.2, 0) is 28.9 Å². The number of hydrogen-bond acceptors (Lipinski definition) is 4. The molecule has 7 heteroatoms. The molecule has 0 aliphatic heterocycles. The summed E-state index contributed by atoms with van der Waals surface area (Å²) in [7, 11) is -3.37. The Hall–Kier alpha value is -1.70. The molecule has 0 radical (unpaired) electrons. The number of sulfonamides is 1. The number of benzene rings is 1. The molecule has 6 nitrogen and oxygen atoms in total. The zero-order valence-electron chi connectivity index (χ0n) is 11.9. The van der Waals surface area contributed by atoms with Crippen molar-refractivity contribution in [3.63, 3.8) is 0 Å². The summed E-state index contributed by atoms with van der Waals surface area (Å²) in [5.74, 6) is -0.0356. The maximum absolute atomic E-state index is 12.1. The zero-order chi connectivity index (χ0) is 15.3. The van der Waals surface area contributed by atoms with Crippen molar-refractivity contribution < 1.29 is 8.42 Å². The van der Waals surface area contributed by atoms with E-state index in [0.717, 1.165) is 11.1 Å². The quantitative estimate of drug-likeness (QED) is 0.793. The highest BCUT2D eigenvalue weighted by Crippen LogP contribution is 2.08. The van der Waals surface area contributed by atoms with E-state index in [-0.39, 0.29) is 11.8 Å². The van der Waals surface area contributed by atoms with Gasteiger partial charge in [0.1, 0.15) is 0 Å². The Kier molecular flexibility index (Phi) is 5.11. The number of imidazole rings is 1. The van der Waals surface area contributed by atoms with Crippen molar-refractivity contribution in [1.29, 1.82) is 0 Å². The van der Waals surface area contributed by atoms with E-state index >= 15 is 0 Å². The summed E-state index contributed by atoms with van der Waals surface area (Å²) < 4.78 is 28.8. The third-order valence-electron chi connectivity index (χ3n) is 3.04. The second-order valence-electron chi connectivity index (χ2n) is 5.06. The minimum Gasteiger partial charge on any atom is -0.336 e. The molecule has 1 unspecified atom stereocenters. The van der Waals surface area contributed by atoms with Gasteiger partial charge < -0.3 is 10.3 Å². The topological polar surface area (TPSA) is 90.0 Å². The van der Waals surface area contributed by atoms with E-state index in [1.54, 1.807) is 30.9 Å². The first kappa shape index (κ1) is 15.7. The highest BCUT2D eigenvalue weighted by Gasteiger charge is 2.15. The number of rotatable bonds is 7. The first-order valence-corrected chi connectivity index (χ1v) is 8.37. The van der Waals surface area contributed by atoms with Crippen LogP contribution < -0.4 is 10.5 Å². The number of nitrogens with zero attached hydrogens (tertiary/aromatic N) is 2. The van der Waals surface area contributed by atoms with Gasteiger partial charge >= 0.3 is 0 Å². The number of nitrogens with one attached hydrogen (secondary N) is 1. The summed E-state index contributed by atoms with van der Waals surface area (Å²) in [5.41, 5.74) is 7.25. The van der Waals surface area contributed by atoms with Gasteiger partial charge in [0.05, 0.1) is 12.1 Å². The summed E-state index contributed by atoms with van der Waals surface area (Å²) >= 11 is 0. The summed E-state index contributed by atoms with van der Waals surface area (Å²) in [5, 5.41) is 0. The third kappa shape index (κ3) is 4.96. The Labute approximate surface area is 125 Å². The predicted octanol–water partition coefficient (Wildman–Crippen LogP) is 0.850. The molecule has 21 heavy (non-hydrogen) atoms. The van der Waals surface area contributed by atoms with Gasteiger partial charge in [-0.1, -0.05) is 24.3 Å². The summed E-state index contributed by atoms with van der Waals surface area (Å²) in [6, 6.07) is 7.08. The fourth-order valence-electron chi connectivity index (χ4n) is 2.09. The van der Waals surface area contributed by atoms with Crippen molar-refractivity contribution in [2.75, 3.05) is 0 Å². The van der Waals surface area contributed by atoms with Crippen LogP contribution in [0.4, 0.5) is 0 Å². The normalized spacial score (nSPS) is 13.2. The highest BCUT2D eigenvalue weighted by molar-refractivity contribution is 7.88. The second-order valence-corrected chi connectivity index (χ2v) is 6.81. The highest BCUT2D eigenvalue weighted by atomic mass is 32.2. The van der Waals surface area contributed by atoms with Crippen molar-refractivity contribution in [3.8, 4) is 0 Å². The molecule has 1 heterocycles. The number of hydrogen-bond donors (Lipinski definition) is 2. The molecule has 0 saturated heterocycles. The minimum atomic E-state index is -3.37. The van der Waals surface area contributed by atoms with E-state index in [4.69, 9.17) is 5.73 Å². The number of nitrogens with two attached hydrogens (primary N) is 1. The average Bonchev–Trinajstić information content (AvgIpc) is 2.91. The smallest absolute Gasteiger partial charge is 0.216 e. The molecule has 0 aliphatic rings. The molecule has 2 aromatic rings. The molecule has 0 bridgehead atoms. The van der Waals surface area contributed by atoms with Gasteiger partial charge in [0, 0.05) is 31.5 Å². The van der Waals surface area contributed by atoms with Crippen LogP contribution in [0.15, 0.2) is 43.0 Å². The van der Waals surface area contributed by atoms with E-state index in [1.807, 2.05) is 23.6 Å². The molecular formula is C14H20N4O2S. The van der Waals surface area contributed by atoms with Crippen molar-refractivity contribution in [3.05, 3.63) is 54.1 Å². The second kappa shape index (κ2) is 6.84. The molecule has 1 aromatic heterocycles. The molecule has 3 N–H and O–H groups in total. The van der Waals surface area contributed by atoms with Crippen LogP contribution in [0.25, 0.3) is 0 Å². The molecule has 0 saturated carbocycles. The van der Waals surface area contributed by atoms with Crippen LogP contribution in [0.3, 0.4) is 0 Å². The van der Waals surface area contributed by atoms with Gasteiger partial charge in [-0.3, -0.25) is 0 Å². The third-order valence-corrected chi connectivity index (χ3v) is 4.51. The Balaban J connectivity index is 1.94. The average molecular weight is 308 g/mol. The monoisotopic (exact) mass is 308 g/mol. The minimum absolute atomic E-state index is 0.0356. The Morgan fingerprint density at radius 1 is 1.29 bits per heavy atom. The summed E-state index contributed by atoms with van der Waals surface area (Å²) in [6.07, 6.45) is 5.13. The van der Waals surface area contributed by atoms with E-state index in [0.29, 0.717) is 13.1 Å². The lowest BCUT2D eigenvalue weighted by atomic mass is 10.1. The Morgan fingerprint density at radius 3 is 2.52 bits per heavy atom. The summed E-state index contributed by atoms with van der Waals surface area (Å²) in [6.45, 7) is 2.83. The molecule has 0 amide bonds. The van der Waals surface area contributed by atoms with Crippen LogP contribution in [0, 0.1) is 0 Å². The van der Waals surface area contributed by atoms with Gasteiger partial charge in [-0.25, -0.2) is 18.1 Å². The lowest BCUT2D eigenvalue weighted by molar-refractivity contribution is 0.520. The van der Waals surface area contributed by atoms with Crippen molar-refractivity contribution in [1.82, 2.24) is 14.3 Å². The van der Waals surface area contributed by atoms with Gasteiger partial charge in [-0.15, -0.1) is 0 Å². The van der Waals surface area contributed by atoms with Gasteiger partial charge in [0.15, 0.2) is 0 Å². The maximum Gasteiger partial charge on any atom is 0.216 e. The van der Waals surface area contributed by atoms with Crippen LogP contribution >= 0.6 is 0 Å². The van der Waals surface area contributed by atoms with Gasteiger partial charge in [0.2, 0.25) is 10.0 Å². The fourth-order valence-corrected chi connectivity index (χ4v) is 3.49. The molecule has 1 aromatic carbocycles. The molecule has 0 fully saturated rings. The molecule has 2 rings (SSSR count). The molecule has 1 atom stereocenters. The van der Waals surface area contributed by atoms with E-state index in [1.165, 1.54) is 0 Å². The van der Waals surface area contributed by atoms with Crippen molar-refractivity contribution in [2.24, 2.45) is 5.73 Å². The van der Waals surface area contributed by atoms with Crippen LogP contribution in [0.1, 0.15) is 18.1 Å². The fraction of sp³-hybridized carbons (Fsp3) is 0.357. The van der Waals surface area contributed by atoms with Crippen molar-refractivity contribution in [2.45, 2.75) is 31.8 Å². The lowest BCUT2D eigenvalue weighted by Gasteiger charge is -2.14. The molecule has 0 spiro atoms. The van der Waals surface area contributed by atoms with Gasteiger partial charge in [0.25, 0.3) is 0 Å². The SMILES string of the molecule is CC(Cn1ccnc1)NS(=O)(=O)Cc1ccc(CN)cc1. The molecule has 0 aliphatic carbocycles. The Morgan fingerprint density at radius 2 is 1.95 bits per heavy atom. The van der Waals surface area contributed by atoms with Crippen LogP contribution in [-0.4, -0.2) is 24.0 Å². The maximum atomic E-state index is 12.1. The summed E-state index contributed by atoms with van der Waals surface area (Å²) in [4.78, 5) is 3.93. The lowest BCUT2D eigenvalue weighted by Crippen LogP contribution is -2.36. The van der Waals surface area contributed by atoms with E-state index in [2.05, 4.69) is 9.71 Å². The largest absolute Gasteiger partial charge is 0.336 e. The van der Waals surface area contributed by atoms with Gasteiger partial charge in [-0.05, 0) is 18.1 Å². The number of aromatic nitrogens is 2. The predicted molar refractivity (Wildman–Crippen MR) is 81.8 cm³/mol. The first-order valence-electron chi connectivity index (χ1n) is 6.72. The zero-order valence-corrected chi connectivity index (χ0v) is 12.8. The standard InChI is InChI=1S/C14H20N4O2S/c1-12(9-18-7-6-16-11-18)17-21(19,20)10-14-4-2-13(8-15)3-5-14/h2-7,11-12,17H,8-10,15H2,1H3. The molecule has 114 valence electrons.